The molecule has 0 unspecified atom stereocenters. The molecular weight excluding hydrogens is 601 g/mol. The average molecular weight is 625 g/mol. The van der Waals surface area contributed by atoms with Gasteiger partial charge in [0.15, 0.2) is 0 Å². The van der Waals surface area contributed by atoms with Crippen molar-refractivity contribution in [2.75, 3.05) is 16.4 Å². The van der Waals surface area contributed by atoms with E-state index in [0.29, 0.717) is 37.6 Å². The van der Waals surface area contributed by atoms with Crippen LogP contribution in [-0.4, -0.2) is 23.5 Å². The summed E-state index contributed by atoms with van der Waals surface area (Å²) in [6.45, 7) is 1.89. The van der Waals surface area contributed by atoms with E-state index in [0.717, 1.165) is 10.5 Å². The molecular formula is C31H24Cl3N3O3S. The van der Waals surface area contributed by atoms with Crippen LogP contribution in [0.1, 0.15) is 21.5 Å². The van der Waals surface area contributed by atoms with Crippen LogP contribution in [-0.2, 0) is 9.59 Å². The van der Waals surface area contributed by atoms with E-state index in [1.807, 2.05) is 13.0 Å². The van der Waals surface area contributed by atoms with Gasteiger partial charge in [-0.3, -0.25) is 14.4 Å². The maximum Gasteiger partial charge on any atom is 0.272 e. The second-order valence-electron chi connectivity index (χ2n) is 8.79. The SMILES string of the molecule is Cc1ccc(Cl)cc1NC(=O)CSc1ccc(NC(=O)/C(=C/c2c(Cl)cccc2Cl)NC(=O)c2ccccc2)cc1. The first-order valence-electron chi connectivity index (χ1n) is 12.3. The summed E-state index contributed by atoms with van der Waals surface area (Å²) in [5.74, 6) is -1.01. The number of thioether (sulfide) groups is 1. The van der Waals surface area contributed by atoms with Gasteiger partial charge in [-0.15, -0.1) is 11.8 Å². The number of aryl methyl sites for hydroxylation is 1. The van der Waals surface area contributed by atoms with Gasteiger partial charge in [0.05, 0.1) is 5.75 Å². The highest BCUT2D eigenvalue weighted by molar-refractivity contribution is 8.00. The Bertz CT molecular complexity index is 1590. The predicted molar refractivity (Wildman–Crippen MR) is 169 cm³/mol. The minimum absolute atomic E-state index is 0.0414. The summed E-state index contributed by atoms with van der Waals surface area (Å²) in [5.41, 5.74) is 2.81. The second-order valence-corrected chi connectivity index (χ2v) is 11.1. The van der Waals surface area contributed by atoms with E-state index in [2.05, 4.69) is 16.0 Å². The molecule has 10 heteroatoms. The first-order valence-corrected chi connectivity index (χ1v) is 14.4. The minimum atomic E-state index is -0.568. The fourth-order valence-electron chi connectivity index (χ4n) is 3.63. The normalized spacial score (nSPS) is 11.1. The molecule has 0 saturated heterocycles. The van der Waals surface area contributed by atoms with Gasteiger partial charge in [0.25, 0.3) is 11.8 Å². The van der Waals surface area contributed by atoms with Crippen LogP contribution in [0.25, 0.3) is 6.08 Å². The molecule has 0 aliphatic carbocycles. The van der Waals surface area contributed by atoms with Crippen LogP contribution in [0.5, 0.6) is 0 Å². The summed E-state index contributed by atoms with van der Waals surface area (Å²) in [7, 11) is 0. The molecule has 4 rings (SSSR count). The van der Waals surface area contributed by atoms with Crippen LogP contribution < -0.4 is 16.0 Å². The van der Waals surface area contributed by atoms with E-state index in [1.54, 1.807) is 84.9 Å². The molecule has 3 amide bonds. The van der Waals surface area contributed by atoms with Crippen molar-refractivity contribution in [3.63, 3.8) is 0 Å². The summed E-state index contributed by atoms with van der Waals surface area (Å²) in [5, 5.41) is 9.51. The third kappa shape index (κ3) is 8.62. The van der Waals surface area contributed by atoms with E-state index in [4.69, 9.17) is 34.8 Å². The van der Waals surface area contributed by atoms with Gasteiger partial charge in [0.1, 0.15) is 5.70 Å². The number of benzene rings is 4. The Balaban J connectivity index is 1.44. The first-order chi connectivity index (χ1) is 19.7. The van der Waals surface area contributed by atoms with E-state index >= 15 is 0 Å². The van der Waals surface area contributed by atoms with Gasteiger partial charge in [-0.2, -0.15) is 0 Å². The number of hydrogen-bond donors (Lipinski definition) is 3. The Morgan fingerprint density at radius 1 is 0.805 bits per heavy atom. The number of carbonyl (C=O) groups excluding carboxylic acids is 3. The topological polar surface area (TPSA) is 87.3 Å². The third-order valence-electron chi connectivity index (χ3n) is 5.77. The molecule has 41 heavy (non-hydrogen) atoms. The summed E-state index contributed by atoms with van der Waals surface area (Å²) in [6, 6.07) is 25.8. The smallest absolute Gasteiger partial charge is 0.272 e. The molecule has 0 aromatic heterocycles. The largest absolute Gasteiger partial charge is 0.325 e. The van der Waals surface area contributed by atoms with Gasteiger partial charge in [0.2, 0.25) is 5.91 Å². The van der Waals surface area contributed by atoms with Gasteiger partial charge in [-0.05, 0) is 79.2 Å². The highest BCUT2D eigenvalue weighted by atomic mass is 35.5. The number of halogens is 3. The van der Waals surface area contributed by atoms with Crippen molar-refractivity contribution in [1.82, 2.24) is 5.32 Å². The van der Waals surface area contributed by atoms with Crippen LogP contribution in [0.4, 0.5) is 11.4 Å². The van der Waals surface area contributed by atoms with Crippen molar-refractivity contribution < 1.29 is 14.4 Å². The second kappa shape index (κ2) is 14.2. The Kier molecular flexibility index (Phi) is 10.5. The molecule has 0 saturated carbocycles. The highest BCUT2D eigenvalue weighted by Gasteiger charge is 2.17. The lowest BCUT2D eigenvalue weighted by atomic mass is 10.1. The fourth-order valence-corrected chi connectivity index (χ4v) is 5.01. The molecule has 0 aliphatic heterocycles. The number of carbonyl (C=O) groups is 3. The molecule has 0 heterocycles. The number of amides is 3. The number of rotatable bonds is 9. The maximum atomic E-state index is 13.3. The zero-order valence-corrected chi connectivity index (χ0v) is 24.8. The predicted octanol–water partition coefficient (Wildman–Crippen LogP) is 8.10. The van der Waals surface area contributed by atoms with Gasteiger partial charge in [-0.25, -0.2) is 0 Å². The first kappa shape index (κ1) is 30.2. The molecule has 0 fully saturated rings. The third-order valence-corrected chi connectivity index (χ3v) is 7.68. The number of anilines is 2. The van der Waals surface area contributed by atoms with Crippen LogP contribution in [0.2, 0.25) is 15.1 Å². The molecule has 4 aromatic rings. The molecule has 3 N–H and O–H groups in total. The number of hydrogen-bond acceptors (Lipinski definition) is 4. The summed E-state index contributed by atoms with van der Waals surface area (Å²) >= 11 is 20.0. The molecule has 0 bridgehead atoms. The molecule has 4 aromatic carbocycles. The Morgan fingerprint density at radius 3 is 2.17 bits per heavy atom. The lowest BCUT2D eigenvalue weighted by molar-refractivity contribution is -0.114. The Morgan fingerprint density at radius 2 is 1.49 bits per heavy atom. The summed E-state index contributed by atoms with van der Waals surface area (Å²) in [4.78, 5) is 39.4. The van der Waals surface area contributed by atoms with Crippen LogP contribution in [0, 0.1) is 6.92 Å². The van der Waals surface area contributed by atoms with Crippen molar-refractivity contribution in [2.24, 2.45) is 0 Å². The lowest BCUT2D eigenvalue weighted by Gasteiger charge is -2.13. The average Bonchev–Trinajstić information content (AvgIpc) is 2.96. The van der Waals surface area contributed by atoms with Crippen molar-refractivity contribution >= 4 is 81.7 Å². The van der Waals surface area contributed by atoms with E-state index in [1.165, 1.54) is 17.8 Å². The fraction of sp³-hybridized carbons (Fsp3) is 0.0645. The van der Waals surface area contributed by atoms with Gasteiger partial charge in [-0.1, -0.05) is 65.1 Å². The zero-order chi connectivity index (χ0) is 29.4. The monoisotopic (exact) mass is 623 g/mol. The van der Waals surface area contributed by atoms with Crippen LogP contribution >= 0.6 is 46.6 Å². The zero-order valence-electron chi connectivity index (χ0n) is 21.7. The summed E-state index contributed by atoms with van der Waals surface area (Å²) < 4.78 is 0. The van der Waals surface area contributed by atoms with Gasteiger partial charge >= 0.3 is 0 Å². The highest BCUT2D eigenvalue weighted by Crippen LogP contribution is 2.27. The van der Waals surface area contributed by atoms with Crippen molar-refractivity contribution in [3.05, 3.63) is 128 Å². The maximum absolute atomic E-state index is 13.3. The number of nitrogens with one attached hydrogen (secondary N) is 3. The van der Waals surface area contributed by atoms with E-state index in [-0.39, 0.29) is 17.4 Å². The van der Waals surface area contributed by atoms with E-state index < -0.39 is 11.8 Å². The van der Waals surface area contributed by atoms with Crippen molar-refractivity contribution in [3.8, 4) is 0 Å². The molecule has 0 radical (unpaired) electrons. The summed E-state index contributed by atoms with van der Waals surface area (Å²) in [6.07, 6.45) is 1.44. The van der Waals surface area contributed by atoms with E-state index in [9.17, 15) is 14.4 Å². The molecule has 0 atom stereocenters. The molecule has 0 spiro atoms. The Hall–Kier alpha value is -3.75. The minimum Gasteiger partial charge on any atom is -0.325 e. The van der Waals surface area contributed by atoms with Crippen molar-refractivity contribution in [2.45, 2.75) is 11.8 Å². The van der Waals surface area contributed by atoms with Gasteiger partial charge in [0, 0.05) is 42.5 Å². The Labute approximate surface area is 257 Å². The van der Waals surface area contributed by atoms with Gasteiger partial charge < -0.3 is 16.0 Å². The molecule has 0 aliphatic rings. The molecule has 6 nitrogen and oxygen atoms in total. The van der Waals surface area contributed by atoms with Crippen LogP contribution in [0.3, 0.4) is 0 Å². The molecule has 208 valence electrons. The van der Waals surface area contributed by atoms with Crippen molar-refractivity contribution in [1.29, 1.82) is 0 Å². The standard InChI is InChI=1S/C31H24Cl3N3O3S/c1-19-10-11-21(32)16-27(19)36-29(38)18-41-23-14-12-22(13-15-23)35-31(40)28(17-24-25(33)8-5-9-26(24)34)37-30(39)20-6-3-2-4-7-20/h2-17H,18H2,1H3,(H,35,40)(H,36,38)(H,37,39)/b28-17-. The quantitative estimate of drug-likeness (QED) is 0.130. The lowest BCUT2D eigenvalue weighted by Crippen LogP contribution is -2.30. The van der Waals surface area contributed by atoms with Crippen LogP contribution in [0.15, 0.2) is 102 Å².